The lowest BCUT2D eigenvalue weighted by Gasteiger charge is -2.35. The van der Waals surface area contributed by atoms with Gasteiger partial charge in [0.15, 0.2) is 15.7 Å². The topological polar surface area (TPSA) is 72.4 Å². The van der Waals surface area contributed by atoms with Gasteiger partial charge < -0.3 is 9.64 Å². The monoisotopic (exact) mass is 437 g/mol. The van der Waals surface area contributed by atoms with Gasteiger partial charge in [0.05, 0.1) is 29.8 Å². The van der Waals surface area contributed by atoms with Gasteiger partial charge in [-0.15, -0.1) is 0 Å². The number of aromatic nitrogens is 2. The molecule has 0 amide bonds. The fraction of sp³-hybridized carbons (Fsp3) is 0.333. The first-order valence-electron chi connectivity index (χ1n) is 10.4. The van der Waals surface area contributed by atoms with E-state index in [2.05, 4.69) is 11.8 Å². The van der Waals surface area contributed by atoms with Gasteiger partial charge >= 0.3 is 0 Å². The predicted molar refractivity (Wildman–Crippen MR) is 122 cm³/mol. The lowest BCUT2D eigenvalue weighted by atomic mass is 10.1. The van der Waals surface area contributed by atoms with Gasteiger partial charge in [0, 0.05) is 18.2 Å². The molecule has 1 aliphatic rings. The van der Waals surface area contributed by atoms with Crippen molar-refractivity contribution in [2.75, 3.05) is 24.7 Å². The zero-order chi connectivity index (χ0) is 22.1. The molecule has 1 atom stereocenters. The molecule has 1 aromatic heterocycles. The Labute approximate surface area is 183 Å². The van der Waals surface area contributed by atoms with Crippen LogP contribution >= 0.6 is 0 Å². The first kappa shape index (κ1) is 21.5. The number of anilines is 1. The minimum absolute atomic E-state index is 0.133. The molecule has 31 heavy (non-hydrogen) atoms. The Balaban J connectivity index is 1.87. The van der Waals surface area contributed by atoms with Gasteiger partial charge in [-0.3, -0.25) is 0 Å². The third-order valence-electron chi connectivity index (χ3n) is 5.75. The van der Waals surface area contributed by atoms with Crippen LogP contribution in [0.15, 0.2) is 71.6 Å². The van der Waals surface area contributed by atoms with Crippen molar-refractivity contribution in [3.8, 4) is 11.4 Å². The van der Waals surface area contributed by atoms with E-state index in [0.29, 0.717) is 31.3 Å². The SMILES string of the molecule is C[C@H]1COCCN1c1cc(C(C)(C)S(=O)(=O)c2ccccc2)nc(-c2ccccc2)n1. The van der Waals surface area contributed by atoms with Crippen molar-refractivity contribution in [3.63, 3.8) is 0 Å². The molecule has 7 heteroatoms. The van der Waals surface area contributed by atoms with Crippen LogP contribution in [0.25, 0.3) is 11.4 Å². The van der Waals surface area contributed by atoms with Gasteiger partial charge in [0.25, 0.3) is 0 Å². The summed E-state index contributed by atoms with van der Waals surface area (Å²) in [7, 11) is -3.69. The molecule has 0 radical (unpaired) electrons. The number of hydrogen-bond donors (Lipinski definition) is 0. The molecule has 0 N–H and O–H groups in total. The molecular weight excluding hydrogens is 410 g/mol. The van der Waals surface area contributed by atoms with E-state index in [4.69, 9.17) is 14.7 Å². The minimum atomic E-state index is -3.69. The summed E-state index contributed by atoms with van der Waals surface area (Å²) in [5, 5.41) is 0. The molecule has 0 saturated carbocycles. The maximum absolute atomic E-state index is 13.6. The van der Waals surface area contributed by atoms with Gasteiger partial charge in [-0.25, -0.2) is 18.4 Å². The van der Waals surface area contributed by atoms with E-state index in [1.165, 1.54) is 0 Å². The second-order valence-electron chi connectivity index (χ2n) is 8.25. The van der Waals surface area contributed by atoms with Gasteiger partial charge in [-0.1, -0.05) is 48.5 Å². The molecule has 0 aliphatic carbocycles. The number of nitrogens with zero attached hydrogens (tertiary/aromatic N) is 3. The number of rotatable bonds is 5. The van der Waals surface area contributed by atoms with Gasteiger partial charge in [0.2, 0.25) is 0 Å². The van der Waals surface area contributed by atoms with Crippen LogP contribution in [0.2, 0.25) is 0 Å². The normalized spacial score (nSPS) is 17.5. The third-order valence-corrected chi connectivity index (χ3v) is 8.19. The van der Waals surface area contributed by atoms with Crippen LogP contribution in [0.5, 0.6) is 0 Å². The van der Waals surface area contributed by atoms with E-state index in [0.717, 1.165) is 11.4 Å². The van der Waals surface area contributed by atoms with Crippen molar-refractivity contribution in [2.24, 2.45) is 0 Å². The van der Waals surface area contributed by atoms with Crippen LogP contribution in [-0.2, 0) is 19.3 Å². The number of morpholine rings is 1. The summed E-state index contributed by atoms with van der Waals surface area (Å²) < 4.78 is 31.5. The fourth-order valence-corrected chi connectivity index (χ4v) is 5.19. The lowest BCUT2D eigenvalue weighted by molar-refractivity contribution is 0.0985. The van der Waals surface area contributed by atoms with Crippen molar-refractivity contribution < 1.29 is 13.2 Å². The highest BCUT2D eigenvalue weighted by molar-refractivity contribution is 7.92. The van der Waals surface area contributed by atoms with Crippen molar-refractivity contribution in [1.29, 1.82) is 0 Å². The average molecular weight is 438 g/mol. The molecule has 1 fully saturated rings. The Bertz CT molecular complexity index is 1150. The second-order valence-corrected chi connectivity index (χ2v) is 10.7. The van der Waals surface area contributed by atoms with E-state index in [-0.39, 0.29) is 10.9 Å². The Morgan fingerprint density at radius 2 is 1.65 bits per heavy atom. The van der Waals surface area contributed by atoms with E-state index >= 15 is 0 Å². The zero-order valence-electron chi connectivity index (χ0n) is 18.0. The summed E-state index contributed by atoms with van der Waals surface area (Å²) in [5.74, 6) is 1.24. The van der Waals surface area contributed by atoms with E-state index in [1.807, 2.05) is 42.5 Å². The van der Waals surface area contributed by atoms with E-state index in [1.54, 1.807) is 38.1 Å². The van der Waals surface area contributed by atoms with Crippen LogP contribution in [0, 0.1) is 0 Å². The molecule has 1 saturated heterocycles. The first-order chi connectivity index (χ1) is 14.8. The fourth-order valence-electron chi connectivity index (χ4n) is 3.71. The summed E-state index contributed by atoms with van der Waals surface area (Å²) in [6.07, 6.45) is 0. The summed E-state index contributed by atoms with van der Waals surface area (Å²) in [5.41, 5.74) is 1.32. The van der Waals surface area contributed by atoms with Crippen molar-refractivity contribution in [2.45, 2.75) is 36.5 Å². The quantitative estimate of drug-likeness (QED) is 0.599. The molecule has 2 aromatic carbocycles. The van der Waals surface area contributed by atoms with Crippen LogP contribution < -0.4 is 4.90 Å². The summed E-state index contributed by atoms with van der Waals surface area (Å²) in [6, 6.07) is 20.1. The molecule has 2 heterocycles. The number of hydrogen-bond acceptors (Lipinski definition) is 6. The van der Waals surface area contributed by atoms with Crippen LogP contribution in [0.3, 0.4) is 0 Å². The van der Waals surface area contributed by atoms with Crippen molar-refractivity contribution in [3.05, 3.63) is 72.4 Å². The predicted octanol–water partition coefficient (Wildman–Crippen LogP) is 4.08. The van der Waals surface area contributed by atoms with Gasteiger partial charge in [-0.2, -0.15) is 0 Å². The van der Waals surface area contributed by atoms with Gasteiger partial charge in [-0.05, 0) is 32.9 Å². The highest BCUT2D eigenvalue weighted by Crippen LogP contribution is 2.36. The minimum Gasteiger partial charge on any atom is -0.377 e. The van der Waals surface area contributed by atoms with Crippen LogP contribution in [-0.4, -0.2) is 44.2 Å². The molecule has 3 aromatic rings. The molecule has 0 bridgehead atoms. The van der Waals surface area contributed by atoms with E-state index < -0.39 is 14.6 Å². The average Bonchev–Trinajstić information content (AvgIpc) is 2.80. The molecular formula is C24H27N3O3S. The molecule has 162 valence electrons. The zero-order valence-corrected chi connectivity index (χ0v) is 18.8. The molecule has 4 rings (SSSR count). The largest absolute Gasteiger partial charge is 0.377 e. The Morgan fingerprint density at radius 1 is 1.00 bits per heavy atom. The maximum Gasteiger partial charge on any atom is 0.189 e. The summed E-state index contributed by atoms with van der Waals surface area (Å²) in [4.78, 5) is 12.0. The maximum atomic E-state index is 13.6. The smallest absolute Gasteiger partial charge is 0.189 e. The number of ether oxygens (including phenoxy) is 1. The van der Waals surface area contributed by atoms with Crippen molar-refractivity contribution in [1.82, 2.24) is 9.97 Å². The third kappa shape index (κ3) is 4.07. The summed E-state index contributed by atoms with van der Waals surface area (Å²) in [6.45, 7) is 7.40. The molecule has 1 aliphatic heterocycles. The Kier molecular flexibility index (Phi) is 5.81. The van der Waals surface area contributed by atoms with Gasteiger partial charge in [0.1, 0.15) is 10.6 Å². The lowest BCUT2D eigenvalue weighted by Crippen LogP contribution is -2.44. The summed E-state index contributed by atoms with van der Waals surface area (Å²) >= 11 is 0. The highest BCUT2D eigenvalue weighted by atomic mass is 32.2. The van der Waals surface area contributed by atoms with E-state index in [9.17, 15) is 8.42 Å². The Morgan fingerprint density at radius 3 is 2.29 bits per heavy atom. The van der Waals surface area contributed by atoms with Crippen LogP contribution in [0.4, 0.5) is 5.82 Å². The molecule has 0 unspecified atom stereocenters. The molecule has 0 spiro atoms. The van der Waals surface area contributed by atoms with Crippen molar-refractivity contribution >= 4 is 15.7 Å². The first-order valence-corrected chi connectivity index (χ1v) is 11.9. The van der Waals surface area contributed by atoms with Crippen LogP contribution in [0.1, 0.15) is 26.5 Å². The highest BCUT2D eigenvalue weighted by Gasteiger charge is 2.40. The number of sulfone groups is 1. The Hall–Kier alpha value is -2.77. The second kappa shape index (κ2) is 8.40. The number of benzene rings is 2. The standard InChI is InChI=1S/C24H27N3O3S/c1-18-17-30-15-14-27(18)22-16-21(25-23(26-22)19-10-6-4-7-11-19)24(2,3)31(28,29)20-12-8-5-9-13-20/h4-13,16,18H,14-15,17H2,1-3H3/t18-/m0/s1. The molecule has 6 nitrogen and oxygen atoms in total.